The van der Waals surface area contributed by atoms with E-state index in [2.05, 4.69) is 41.5 Å². The fourth-order valence-corrected chi connectivity index (χ4v) is 3.58. The molecule has 90 valence electrons. The predicted molar refractivity (Wildman–Crippen MR) is 73.3 cm³/mol. The van der Waals surface area contributed by atoms with Crippen LogP contribution >= 0.6 is 11.3 Å². The van der Waals surface area contributed by atoms with Gasteiger partial charge in [-0.3, -0.25) is 0 Å². The van der Waals surface area contributed by atoms with Crippen LogP contribution in [0.4, 0.5) is 0 Å². The molecule has 1 aromatic heterocycles. The summed E-state index contributed by atoms with van der Waals surface area (Å²) in [6.07, 6.45) is 4.07. The van der Waals surface area contributed by atoms with E-state index in [-0.39, 0.29) is 0 Å². The number of benzene rings is 1. The molecule has 0 saturated heterocycles. The smallest absolute Gasteiger partial charge is 0.108 e. The van der Waals surface area contributed by atoms with Gasteiger partial charge >= 0.3 is 0 Å². The first-order valence-electron chi connectivity index (χ1n) is 6.41. The number of thiazole rings is 1. The van der Waals surface area contributed by atoms with Gasteiger partial charge in [0.25, 0.3) is 0 Å². The third-order valence-electron chi connectivity index (χ3n) is 3.72. The second-order valence-corrected chi connectivity index (χ2v) is 6.09. The topological polar surface area (TPSA) is 24.9 Å². The molecule has 1 saturated carbocycles. The van der Waals surface area contributed by atoms with Gasteiger partial charge in [-0.2, -0.15) is 0 Å². The van der Waals surface area contributed by atoms with Gasteiger partial charge in [0.1, 0.15) is 5.01 Å². The zero-order chi connectivity index (χ0) is 11.7. The van der Waals surface area contributed by atoms with Gasteiger partial charge in [0, 0.05) is 12.6 Å². The summed E-state index contributed by atoms with van der Waals surface area (Å²) >= 11 is 1.81. The number of fused-ring (bicyclic) bond motifs is 1. The third kappa shape index (κ3) is 2.35. The fraction of sp³-hybridized carbons (Fsp3) is 0.500. The highest BCUT2D eigenvalue weighted by Gasteiger charge is 2.22. The predicted octanol–water partition coefficient (Wildman–Crippen LogP) is 3.57. The highest BCUT2D eigenvalue weighted by atomic mass is 32.1. The van der Waals surface area contributed by atoms with Crippen LogP contribution in [0.15, 0.2) is 24.3 Å². The van der Waals surface area contributed by atoms with Crippen LogP contribution in [-0.2, 0) is 6.54 Å². The Bertz CT molecular complexity index is 473. The summed E-state index contributed by atoms with van der Waals surface area (Å²) in [7, 11) is 0. The van der Waals surface area contributed by atoms with Crippen LogP contribution in [0.2, 0.25) is 0 Å². The van der Waals surface area contributed by atoms with Crippen molar-refractivity contribution in [2.24, 2.45) is 5.92 Å². The Morgan fingerprint density at radius 3 is 3.00 bits per heavy atom. The molecule has 2 aromatic rings. The maximum atomic E-state index is 4.65. The first-order chi connectivity index (χ1) is 8.33. The number of hydrogen-bond acceptors (Lipinski definition) is 3. The lowest BCUT2D eigenvalue weighted by atomic mass is 10.1. The monoisotopic (exact) mass is 246 g/mol. The summed E-state index contributed by atoms with van der Waals surface area (Å²) < 4.78 is 1.30. The average Bonchev–Trinajstić information content (AvgIpc) is 2.92. The van der Waals surface area contributed by atoms with Crippen LogP contribution < -0.4 is 5.32 Å². The molecular weight excluding hydrogens is 228 g/mol. The van der Waals surface area contributed by atoms with E-state index in [9.17, 15) is 0 Å². The van der Waals surface area contributed by atoms with E-state index in [1.807, 2.05) is 11.3 Å². The lowest BCUT2D eigenvalue weighted by molar-refractivity contribution is 0.426. The largest absolute Gasteiger partial charge is 0.307 e. The van der Waals surface area contributed by atoms with Gasteiger partial charge in [0.05, 0.1) is 10.2 Å². The van der Waals surface area contributed by atoms with Crippen molar-refractivity contribution < 1.29 is 0 Å². The first-order valence-corrected chi connectivity index (χ1v) is 7.22. The Labute approximate surface area is 106 Å². The second-order valence-electron chi connectivity index (χ2n) is 4.97. The minimum atomic E-state index is 0.696. The van der Waals surface area contributed by atoms with Crippen molar-refractivity contribution in [3.05, 3.63) is 29.3 Å². The van der Waals surface area contributed by atoms with Crippen molar-refractivity contribution in [3.8, 4) is 0 Å². The normalized spacial score (nSPS) is 24.5. The molecule has 0 spiro atoms. The number of hydrogen-bond donors (Lipinski definition) is 1. The first kappa shape index (κ1) is 11.2. The van der Waals surface area contributed by atoms with Crippen molar-refractivity contribution in [1.82, 2.24) is 10.3 Å². The molecule has 2 unspecified atom stereocenters. The number of para-hydroxylation sites is 1. The molecule has 1 heterocycles. The number of nitrogens with one attached hydrogen (secondary N) is 1. The van der Waals surface area contributed by atoms with Crippen LogP contribution in [-0.4, -0.2) is 11.0 Å². The molecule has 0 amide bonds. The molecular formula is C14H18N2S. The minimum Gasteiger partial charge on any atom is -0.307 e. The van der Waals surface area contributed by atoms with E-state index in [0.717, 1.165) is 18.0 Å². The molecule has 17 heavy (non-hydrogen) atoms. The maximum Gasteiger partial charge on any atom is 0.108 e. The SMILES string of the molecule is CC1CCCC1NCc1nc2ccccc2s1. The van der Waals surface area contributed by atoms with E-state index in [1.165, 1.54) is 29.0 Å². The zero-order valence-electron chi connectivity index (χ0n) is 10.1. The van der Waals surface area contributed by atoms with Gasteiger partial charge in [0.15, 0.2) is 0 Å². The Morgan fingerprint density at radius 1 is 1.35 bits per heavy atom. The van der Waals surface area contributed by atoms with Gasteiger partial charge in [-0.05, 0) is 30.9 Å². The summed E-state index contributed by atoms with van der Waals surface area (Å²) in [5.41, 5.74) is 1.13. The average molecular weight is 246 g/mol. The molecule has 2 atom stereocenters. The summed E-state index contributed by atoms with van der Waals surface area (Å²) in [5, 5.41) is 4.87. The quantitative estimate of drug-likeness (QED) is 0.895. The van der Waals surface area contributed by atoms with E-state index >= 15 is 0 Å². The fourth-order valence-electron chi connectivity index (χ4n) is 2.66. The molecule has 3 heteroatoms. The molecule has 1 aliphatic rings. The van der Waals surface area contributed by atoms with Crippen molar-refractivity contribution in [2.75, 3.05) is 0 Å². The molecule has 1 aliphatic carbocycles. The second kappa shape index (κ2) is 4.75. The van der Waals surface area contributed by atoms with Gasteiger partial charge in [0.2, 0.25) is 0 Å². The number of rotatable bonds is 3. The molecule has 0 bridgehead atoms. The van der Waals surface area contributed by atoms with Crippen molar-refractivity contribution in [3.63, 3.8) is 0 Å². The Morgan fingerprint density at radius 2 is 2.24 bits per heavy atom. The van der Waals surface area contributed by atoms with Crippen LogP contribution in [0.25, 0.3) is 10.2 Å². The highest BCUT2D eigenvalue weighted by molar-refractivity contribution is 7.18. The molecule has 1 aromatic carbocycles. The molecule has 2 nitrogen and oxygen atoms in total. The van der Waals surface area contributed by atoms with E-state index in [1.54, 1.807) is 0 Å². The molecule has 0 radical (unpaired) electrons. The summed E-state index contributed by atoms with van der Waals surface area (Å²) in [4.78, 5) is 4.65. The molecule has 1 fully saturated rings. The van der Waals surface area contributed by atoms with Crippen LogP contribution in [0.5, 0.6) is 0 Å². The van der Waals surface area contributed by atoms with Crippen molar-refractivity contribution in [1.29, 1.82) is 0 Å². The summed E-state index contributed by atoms with van der Waals surface area (Å²) in [6, 6.07) is 9.07. The van der Waals surface area contributed by atoms with Crippen molar-refractivity contribution in [2.45, 2.75) is 38.8 Å². The molecule has 1 N–H and O–H groups in total. The molecule has 0 aliphatic heterocycles. The Hall–Kier alpha value is -0.930. The standard InChI is InChI=1S/C14H18N2S/c1-10-5-4-7-11(10)15-9-14-16-12-6-2-3-8-13(12)17-14/h2-3,6,8,10-11,15H,4-5,7,9H2,1H3. The lowest BCUT2D eigenvalue weighted by Gasteiger charge is -2.15. The zero-order valence-corrected chi connectivity index (χ0v) is 11.0. The van der Waals surface area contributed by atoms with Gasteiger partial charge in [-0.15, -0.1) is 11.3 Å². The Kier molecular flexibility index (Phi) is 3.12. The van der Waals surface area contributed by atoms with E-state index < -0.39 is 0 Å². The maximum absolute atomic E-state index is 4.65. The van der Waals surface area contributed by atoms with E-state index in [4.69, 9.17) is 0 Å². The van der Waals surface area contributed by atoms with Gasteiger partial charge in [-0.1, -0.05) is 25.5 Å². The van der Waals surface area contributed by atoms with Crippen LogP contribution in [0.3, 0.4) is 0 Å². The summed E-state index contributed by atoms with van der Waals surface area (Å²) in [6.45, 7) is 3.28. The highest BCUT2D eigenvalue weighted by Crippen LogP contribution is 2.26. The molecule has 3 rings (SSSR count). The summed E-state index contributed by atoms with van der Waals surface area (Å²) in [5.74, 6) is 0.823. The van der Waals surface area contributed by atoms with Gasteiger partial charge in [-0.25, -0.2) is 4.98 Å². The Balaban J connectivity index is 1.68. The number of aromatic nitrogens is 1. The van der Waals surface area contributed by atoms with Crippen LogP contribution in [0, 0.1) is 5.92 Å². The van der Waals surface area contributed by atoms with Crippen molar-refractivity contribution >= 4 is 21.6 Å². The van der Waals surface area contributed by atoms with Gasteiger partial charge < -0.3 is 5.32 Å². The van der Waals surface area contributed by atoms with Crippen LogP contribution in [0.1, 0.15) is 31.2 Å². The van der Waals surface area contributed by atoms with E-state index in [0.29, 0.717) is 6.04 Å². The lowest BCUT2D eigenvalue weighted by Crippen LogP contribution is -2.30. The number of nitrogens with zero attached hydrogens (tertiary/aromatic N) is 1. The third-order valence-corrected chi connectivity index (χ3v) is 4.75. The minimum absolute atomic E-state index is 0.696.